The van der Waals surface area contributed by atoms with Crippen molar-refractivity contribution >= 4 is 29.4 Å². The van der Waals surface area contributed by atoms with Gasteiger partial charge in [0.1, 0.15) is 12.4 Å². The van der Waals surface area contributed by atoms with Gasteiger partial charge in [0.25, 0.3) is 0 Å². The fraction of sp³-hybridized carbons (Fsp3) is 0.261. The Labute approximate surface area is 191 Å². The molecule has 9 heteroatoms. The summed E-state index contributed by atoms with van der Waals surface area (Å²) in [5, 5.41) is 9.60. The van der Waals surface area contributed by atoms with E-state index in [2.05, 4.69) is 15.5 Å². The third-order valence-corrected chi connectivity index (χ3v) is 5.68. The summed E-state index contributed by atoms with van der Waals surface area (Å²) in [5.41, 5.74) is 3.33. The molecule has 2 amide bonds. The molecule has 1 aromatic heterocycles. The third-order valence-electron chi connectivity index (χ3n) is 4.63. The molecule has 1 heterocycles. The molecule has 0 aliphatic heterocycles. The van der Waals surface area contributed by atoms with Gasteiger partial charge >= 0.3 is 6.09 Å². The summed E-state index contributed by atoms with van der Waals surface area (Å²) in [4.78, 5) is 26.8. The van der Waals surface area contributed by atoms with Crippen LogP contribution in [-0.2, 0) is 16.1 Å². The number of ether oxygens (including phenoxy) is 2. The van der Waals surface area contributed by atoms with Crippen LogP contribution < -0.4 is 10.1 Å². The van der Waals surface area contributed by atoms with Crippen LogP contribution in [-0.4, -0.2) is 54.1 Å². The Morgan fingerprint density at radius 3 is 2.72 bits per heavy atom. The number of hydrogen-bond donors (Lipinski definition) is 2. The Bertz CT molecular complexity index is 1050. The van der Waals surface area contributed by atoms with Gasteiger partial charge in [0.2, 0.25) is 5.91 Å². The van der Waals surface area contributed by atoms with Gasteiger partial charge in [0.15, 0.2) is 0 Å². The molecule has 0 fully saturated rings. The molecule has 168 valence electrons. The van der Waals surface area contributed by atoms with Crippen LogP contribution >= 0.6 is 11.8 Å². The number of nitrogens with one attached hydrogen (secondary N) is 2. The Balaban J connectivity index is 1.68. The molecule has 0 atom stereocenters. The molecule has 0 saturated carbocycles. The highest BCUT2D eigenvalue weighted by molar-refractivity contribution is 7.99. The van der Waals surface area contributed by atoms with Crippen molar-refractivity contribution in [3.63, 3.8) is 0 Å². The third kappa shape index (κ3) is 6.52. The van der Waals surface area contributed by atoms with E-state index in [4.69, 9.17) is 9.47 Å². The second kappa shape index (κ2) is 11.2. The molecule has 3 aromatic rings. The monoisotopic (exact) mass is 454 g/mol. The lowest BCUT2D eigenvalue weighted by Gasteiger charge is -2.14. The van der Waals surface area contributed by atoms with E-state index in [1.165, 1.54) is 11.8 Å². The molecular formula is C23H26N4O4S. The number of benzene rings is 2. The minimum atomic E-state index is -0.560. The molecule has 0 radical (unpaired) electrons. The summed E-state index contributed by atoms with van der Waals surface area (Å²) in [6, 6.07) is 13.0. The molecule has 2 N–H and O–H groups in total. The summed E-state index contributed by atoms with van der Waals surface area (Å²) in [7, 11) is 5.06. The van der Waals surface area contributed by atoms with E-state index in [9.17, 15) is 9.59 Å². The van der Waals surface area contributed by atoms with Gasteiger partial charge in [0, 0.05) is 42.9 Å². The van der Waals surface area contributed by atoms with Crippen LogP contribution in [0.4, 0.5) is 10.5 Å². The Morgan fingerprint density at radius 2 is 2.00 bits per heavy atom. The number of carbonyl (C=O) groups is 2. The van der Waals surface area contributed by atoms with Gasteiger partial charge in [-0.25, -0.2) is 4.79 Å². The van der Waals surface area contributed by atoms with E-state index >= 15 is 0 Å². The van der Waals surface area contributed by atoms with Gasteiger partial charge in [-0.05, 0) is 35.4 Å². The Kier molecular flexibility index (Phi) is 8.15. The first-order valence-electron chi connectivity index (χ1n) is 9.99. The molecule has 0 aliphatic rings. The maximum absolute atomic E-state index is 12.4. The fourth-order valence-corrected chi connectivity index (χ4v) is 3.84. The lowest BCUT2D eigenvalue weighted by atomic mass is 10.1. The van der Waals surface area contributed by atoms with Gasteiger partial charge in [-0.1, -0.05) is 18.2 Å². The van der Waals surface area contributed by atoms with E-state index in [1.54, 1.807) is 38.5 Å². The molecule has 32 heavy (non-hydrogen) atoms. The van der Waals surface area contributed by atoms with Crippen molar-refractivity contribution in [2.45, 2.75) is 17.9 Å². The van der Waals surface area contributed by atoms with E-state index in [0.29, 0.717) is 23.6 Å². The summed E-state index contributed by atoms with van der Waals surface area (Å²) >= 11 is 1.50. The molecule has 8 nitrogen and oxygen atoms in total. The fourth-order valence-electron chi connectivity index (χ4n) is 2.86. The highest BCUT2D eigenvalue weighted by Crippen LogP contribution is 2.32. The number of methoxy groups -OCH3 is 1. The average Bonchev–Trinajstić information content (AvgIpc) is 3.33. The Morgan fingerprint density at radius 1 is 1.16 bits per heavy atom. The SMILES string of the molecule is COc1cccc(COC(=O)Nc2ccc(-c3cn[nH]c3)cc2SCCC(=O)N(C)C)c1. The number of carbonyl (C=O) groups excluding carboxylic acids is 2. The van der Waals surface area contributed by atoms with Crippen LogP contribution in [0.25, 0.3) is 11.1 Å². The van der Waals surface area contributed by atoms with E-state index in [0.717, 1.165) is 21.6 Å². The van der Waals surface area contributed by atoms with Crippen molar-refractivity contribution in [1.82, 2.24) is 15.1 Å². The summed E-state index contributed by atoms with van der Waals surface area (Å²) in [6.07, 6.45) is 3.37. The quantitative estimate of drug-likeness (QED) is 0.465. The number of thioether (sulfide) groups is 1. The number of amides is 2. The molecule has 3 rings (SSSR count). The predicted octanol–water partition coefficient (Wildman–Crippen LogP) is 4.40. The lowest BCUT2D eigenvalue weighted by Crippen LogP contribution is -2.21. The van der Waals surface area contributed by atoms with Crippen LogP contribution in [0.5, 0.6) is 5.75 Å². The topological polar surface area (TPSA) is 96.5 Å². The molecule has 0 saturated heterocycles. The van der Waals surface area contributed by atoms with Crippen LogP contribution in [0.15, 0.2) is 59.8 Å². The first kappa shape index (κ1) is 23.2. The number of H-pyrrole nitrogens is 1. The average molecular weight is 455 g/mol. The molecule has 0 unspecified atom stereocenters. The standard InChI is InChI=1S/C23H26N4O4S/c1-27(2)22(28)9-10-32-21-12-17(18-13-24-25-14-18)7-8-20(21)26-23(29)31-15-16-5-4-6-19(11-16)30-3/h4-8,11-14H,9-10,15H2,1-3H3,(H,24,25)(H,26,29). The maximum Gasteiger partial charge on any atom is 0.411 e. The molecule has 2 aromatic carbocycles. The Hall–Kier alpha value is -3.46. The van der Waals surface area contributed by atoms with Gasteiger partial charge < -0.3 is 14.4 Å². The number of aromatic nitrogens is 2. The largest absolute Gasteiger partial charge is 0.497 e. The predicted molar refractivity (Wildman–Crippen MR) is 125 cm³/mol. The molecule has 0 bridgehead atoms. The number of rotatable bonds is 9. The zero-order valence-corrected chi connectivity index (χ0v) is 19.1. The highest BCUT2D eigenvalue weighted by Gasteiger charge is 2.13. The van der Waals surface area contributed by atoms with Gasteiger partial charge in [-0.2, -0.15) is 5.10 Å². The van der Waals surface area contributed by atoms with E-state index in [1.807, 2.05) is 42.5 Å². The number of nitrogens with zero attached hydrogens (tertiary/aromatic N) is 2. The number of hydrogen-bond acceptors (Lipinski definition) is 6. The lowest BCUT2D eigenvalue weighted by molar-refractivity contribution is -0.128. The summed E-state index contributed by atoms with van der Waals surface area (Å²) < 4.78 is 10.6. The first-order chi connectivity index (χ1) is 15.5. The molecule has 0 aliphatic carbocycles. The zero-order valence-electron chi connectivity index (χ0n) is 18.3. The van der Waals surface area contributed by atoms with Gasteiger partial charge in [-0.15, -0.1) is 11.8 Å². The van der Waals surface area contributed by atoms with Crippen molar-refractivity contribution in [1.29, 1.82) is 0 Å². The van der Waals surface area contributed by atoms with Crippen molar-refractivity contribution in [2.75, 3.05) is 32.3 Å². The van der Waals surface area contributed by atoms with Gasteiger partial charge in [-0.3, -0.25) is 15.2 Å². The minimum absolute atomic E-state index is 0.0516. The van der Waals surface area contributed by atoms with Crippen molar-refractivity contribution < 1.29 is 19.1 Å². The van der Waals surface area contributed by atoms with Crippen molar-refractivity contribution in [3.05, 3.63) is 60.4 Å². The first-order valence-corrected chi connectivity index (χ1v) is 11.0. The molecule has 0 spiro atoms. The van der Waals surface area contributed by atoms with Crippen LogP contribution in [0.3, 0.4) is 0 Å². The second-order valence-electron chi connectivity index (χ2n) is 7.14. The zero-order chi connectivity index (χ0) is 22.9. The summed E-state index contributed by atoms with van der Waals surface area (Å²) in [6.45, 7) is 0.121. The van der Waals surface area contributed by atoms with E-state index in [-0.39, 0.29) is 12.5 Å². The second-order valence-corrected chi connectivity index (χ2v) is 8.27. The van der Waals surface area contributed by atoms with E-state index < -0.39 is 6.09 Å². The highest BCUT2D eigenvalue weighted by atomic mass is 32.2. The molecular weight excluding hydrogens is 428 g/mol. The summed E-state index contributed by atoms with van der Waals surface area (Å²) in [5.74, 6) is 1.34. The number of anilines is 1. The van der Waals surface area contributed by atoms with Crippen molar-refractivity contribution in [3.8, 4) is 16.9 Å². The van der Waals surface area contributed by atoms with Crippen LogP contribution in [0, 0.1) is 0 Å². The van der Waals surface area contributed by atoms with Crippen LogP contribution in [0.2, 0.25) is 0 Å². The van der Waals surface area contributed by atoms with Crippen molar-refractivity contribution in [2.24, 2.45) is 0 Å². The maximum atomic E-state index is 12.4. The normalized spacial score (nSPS) is 10.5. The van der Waals surface area contributed by atoms with Gasteiger partial charge in [0.05, 0.1) is 19.0 Å². The minimum Gasteiger partial charge on any atom is -0.497 e. The number of aromatic amines is 1. The van der Waals surface area contributed by atoms with Crippen LogP contribution in [0.1, 0.15) is 12.0 Å². The smallest absolute Gasteiger partial charge is 0.411 e.